The summed E-state index contributed by atoms with van der Waals surface area (Å²) in [5, 5.41) is 6.65. The van der Waals surface area contributed by atoms with Crippen LogP contribution in [0.15, 0.2) is 30.3 Å². The van der Waals surface area contributed by atoms with E-state index < -0.39 is 22.1 Å². The van der Waals surface area contributed by atoms with Gasteiger partial charge in [0.15, 0.2) is 0 Å². The van der Waals surface area contributed by atoms with Crippen LogP contribution in [0, 0.1) is 11.8 Å². The average Bonchev–Trinajstić information content (AvgIpc) is 3.63. The molecule has 0 aromatic heterocycles. The van der Waals surface area contributed by atoms with Crippen LogP contribution >= 0.6 is 69.6 Å². The van der Waals surface area contributed by atoms with Crippen LogP contribution in [0.1, 0.15) is 41.1 Å². The third kappa shape index (κ3) is 5.11. The third-order valence-electron chi connectivity index (χ3n) is 5.71. The predicted octanol–water partition coefficient (Wildman–Crippen LogP) is 7.36. The molecule has 0 saturated heterocycles. The van der Waals surface area contributed by atoms with E-state index in [1.807, 2.05) is 0 Å². The molecule has 32 heavy (non-hydrogen) atoms. The highest BCUT2D eigenvalue weighted by molar-refractivity contribution is 6.54. The molecule has 0 bridgehead atoms. The summed E-state index contributed by atoms with van der Waals surface area (Å²) >= 11 is 37.2. The van der Waals surface area contributed by atoms with Crippen LogP contribution in [0.5, 0.6) is 0 Å². The lowest BCUT2D eigenvalue weighted by Gasteiger charge is -2.10. The molecule has 2 unspecified atom stereocenters. The number of alkyl halides is 2. The molecule has 4 nitrogen and oxygen atoms in total. The first kappa shape index (κ1) is 24.3. The van der Waals surface area contributed by atoms with E-state index in [-0.39, 0.29) is 26.5 Å². The second-order valence-electron chi connectivity index (χ2n) is 8.10. The van der Waals surface area contributed by atoms with Crippen LogP contribution in [0.25, 0.3) is 0 Å². The number of benzene rings is 2. The molecule has 2 aliphatic rings. The molecular formula is C22H18Cl6N2O2. The molecule has 0 heterocycles. The van der Waals surface area contributed by atoms with Gasteiger partial charge in [0.25, 0.3) is 5.91 Å². The molecule has 0 radical (unpaired) electrons. The smallest absolute Gasteiger partial charge is 0.252 e. The van der Waals surface area contributed by atoms with Gasteiger partial charge in [-0.3, -0.25) is 9.59 Å². The van der Waals surface area contributed by atoms with Crippen molar-refractivity contribution in [3.8, 4) is 0 Å². The Morgan fingerprint density at radius 3 is 2.25 bits per heavy atom. The molecule has 2 aliphatic carbocycles. The third-order valence-corrected chi connectivity index (χ3v) is 8.18. The molecular weight excluding hydrogens is 537 g/mol. The molecule has 0 aliphatic heterocycles. The normalized spacial score (nSPS) is 21.2. The molecule has 10 heteroatoms. The Kier molecular flexibility index (Phi) is 7.13. The Hall–Kier alpha value is -0.880. The first-order chi connectivity index (χ1) is 15.1. The highest BCUT2D eigenvalue weighted by Gasteiger charge is 2.67. The van der Waals surface area contributed by atoms with Gasteiger partial charge < -0.3 is 10.6 Å². The zero-order valence-corrected chi connectivity index (χ0v) is 21.1. The summed E-state index contributed by atoms with van der Waals surface area (Å²) in [5.74, 6) is -1.24. The van der Waals surface area contributed by atoms with E-state index in [1.54, 1.807) is 24.3 Å². The van der Waals surface area contributed by atoms with Gasteiger partial charge in [0.1, 0.15) is 4.33 Å². The summed E-state index contributed by atoms with van der Waals surface area (Å²) < 4.78 is -1.33. The first-order valence-electron chi connectivity index (χ1n) is 10.0. The highest BCUT2D eigenvalue weighted by Crippen LogP contribution is 2.65. The maximum absolute atomic E-state index is 12.9. The molecule has 2 aromatic rings. The predicted molar refractivity (Wildman–Crippen MR) is 132 cm³/mol. The molecule has 0 spiro atoms. The molecule has 2 N–H and O–H groups in total. The van der Waals surface area contributed by atoms with Gasteiger partial charge in [0.2, 0.25) is 5.91 Å². The minimum Gasteiger partial charge on any atom is -0.352 e. The van der Waals surface area contributed by atoms with Crippen LogP contribution in [-0.2, 0) is 4.79 Å². The van der Waals surface area contributed by atoms with Gasteiger partial charge in [-0.05, 0) is 48.2 Å². The topological polar surface area (TPSA) is 58.2 Å². The second-order valence-corrected chi connectivity index (χ2v) is 11.1. The molecule has 2 atom stereocenters. The van der Waals surface area contributed by atoms with E-state index in [9.17, 15) is 9.59 Å². The minimum atomic E-state index is -1.33. The number of halogens is 6. The number of carbonyl (C=O) groups is 2. The molecule has 2 saturated carbocycles. The minimum absolute atomic E-state index is 0.220. The number of rotatable bonds is 7. The van der Waals surface area contributed by atoms with Crippen LogP contribution in [-0.4, -0.2) is 22.7 Å². The number of hydrogen-bond donors (Lipinski definition) is 2. The van der Waals surface area contributed by atoms with Crippen molar-refractivity contribution in [3.05, 3.63) is 61.5 Å². The van der Waals surface area contributed by atoms with E-state index >= 15 is 0 Å². The summed E-state index contributed by atoms with van der Waals surface area (Å²) in [5.41, 5.74) is 1.31. The fourth-order valence-corrected chi connectivity index (χ4v) is 5.36. The molecule has 2 amide bonds. The Bertz CT molecular complexity index is 1060. The number of carbonyl (C=O) groups excluding carboxylic acids is 2. The lowest BCUT2D eigenvalue weighted by atomic mass is 10.1. The summed E-state index contributed by atoms with van der Waals surface area (Å²) in [6.07, 6.45) is 3.39. The van der Waals surface area contributed by atoms with Gasteiger partial charge in [-0.1, -0.05) is 59.2 Å². The van der Waals surface area contributed by atoms with Gasteiger partial charge >= 0.3 is 0 Å². The largest absolute Gasteiger partial charge is 0.352 e. The lowest BCUT2D eigenvalue weighted by molar-refractivity contribution is -0.117. The van der Waals surface area contributed by atoms with E-state index in [4.69, 9.17) is 69.6 Å². The molecule has 4 rings (SSSR count). The van der Waals surface area contributed by atoms with Crippen molar-refractivity contribution in [1.82, 2.24) is 5.32 Å². The van der Waals surface area contributed by atoms with Crippen molar-refractivity contribution in [2.24, 2.45) is 11.8 Å². The van der Waals surface area contributed by atoms with Crippen LogP contribution in [0.4, 0.5) is 5.69 Å². The average molecular weight is 555 g/mol. The van der Waals surface area contributed by atoms with Crippen molar-refractivity contribution in [2.75, 3.05) is 11.9 Å². The fourth-order valence-electron chi connectivity index (χ4n) is 3.71. The monoisotopic (exact) mass is 552 g/mol. The zero-order valence-electron chi connectivity index (χ0n) is 16.5. The summed E-state index contributed by atoms with van der Waals surface area (Å²) in [7, 11) is 0. The highest BCUT2D eigenvalue weighted by atomic mass is 35.5. The number of nitrogens with one attached hydrogen (secondary N) is 2. The fraction of sp³-hybridized carbons (Fsp3) is 0.364. The van der Waals surface area contributed by atoms with Gasteiger partial charge in [-0.15, -0.1) is 23.2 Å². The number of amides is 2. The van der Waals surface area contributed by atoms with Gasteiger partial charge in [0, 0.05) is 18.2 Å². The van der Waals surface area contributed by atoms with Gasteiger partial charge in [-0.2, -0.15) is 0 Å². The molecule has 2 aromatic carbocycles. The first-order valence-corrected chi connectivity index (χ1v) is 12.3. The standard InChI is InChI=1S/C22H18Cl6N2O2/c23-14-4-3-12(9-13(14)20(31)29-6-5-10-1-2-10)30-21(32)18-17(22(18,27)28)11-7-15(24)19(26)16(25)8-11/h3-4,7-10,17-18H,1-2,5-6H2,(H,29,31)(H,30,32). The second kappa shape index (κ2) is 9.40. The Morgan fingerprint density at radius 2 is 1.62 bits per heavy atom. The van der Waals surface area contributed by atoms with Crippen molar-refractivity contribution < 1.29 is 9.59 Å². The van der Waals surface area contributed by atoms with E-state index in [2.05, 4.69) is 10.6 Å². The maximum atomic E-state index is 12.9. The summed E-state index contributed by atoms with van der Waals surface area (Å²) in [6, 6.07) is 7.90. The number of anilines is 1. The maximum Gasteiger partial charge on any atom is 0.252 e. The Labute approximate surface area is 215 Å². The summed E-state index contributed by atoms with van der Waals surface area (Å²) in [6.45, 7) is 0.591. The van der Waals surface area contributed by atoms with Crippen LogP contribution in [0.3, 0.4) is 0 Å². The van der Waals surface area contributed by atoms with Gasteiger partial charge in [0.05, 0.1) is 31.6 Å². The quantitative estimate of drug-likeness (QED) is 0.277. The lowest BCUT2D eigenvalue weighted by Crippen LogP contribution is -2.25. The SMILES string of the molecule is O=C(NCCC1CC1)c1cc(NC(=O)C2C(c3cc(Cl)c(Cl)c(Cl)c3)C2(Cl)Cl)ccc1Cl. The molecule has 2 fully saturated rings. The van der Waals surface area contributed by atoms with Crippen molar-refractivity contribution in [1.29, 1.82) is 0 Å². The van der Waals surface area contributed by atoms with Crippen molar-refractivity contribution >= 4 is 87.1 Å². The van der Waals surface area contributed by atoms with E-state index in [0.29, 0.717) is 28.7 Å². The van der Waals surface area contributed by atoms with Crippen molar-refractivity contribution in [2.45, 2.75) is 29.5 Å². The van der Waals surface area contributed by atoms with Crippen molar-refractivity contribution in [3.63, 3.8) is 0 Å². The van der Waals surface area contributed by atoms with Crippen LogP contribution in [0.2, 0.25) is 20.1 Å². The summed E-state index contributed by atoms with van der Waals surface area (Å²) in [4.78, 5) is 25.4. The van der Waals surface area contributed by atoms with Crippen LogP contribution < -0.4 is 10.6 Å². The Morgan fingerprint density at radius 1 is 0.969 bits per heavy atom. The Balaban J connectivity index is 1.46. The number of hydrogen-bond acceptors (Lipinski definition) is 2. The van der Waals surface area contributed by atoms with Gasteiger partial charge in [-0.25, -0.2) is 0 Å². The molecule has 170 valence electrons. The zero-order chi connectivity index (χ0) is 23.2. The van der Waals surface area contributed by atoms with E-state index in [0.717, 1.165) is 6.42 Å². The van der Waals surface area contributed by atoms with E-state index in [1.165, 1.54) is 18.9 Å².